The van der Waals surface area contributed by atoms with Crippen molar-refractivity contribution in [2.24, 2.45) is 0 Å². The zero-order valence-corrected chi connectivity index (χ0v) is 14.2. The second-order valence-electron chi connectivity index (χ2n) is 6.44. The summed E-state index contributed by atoms with van der Waals surface area (Å²) in [5.41, 5.74) is -2.35. The van der Waals surface area contributed by atoms with E-state index in [0.29, 0.717) is 6.07 Å². The Morgan fingerprint density at radius 2 is 1.88 bits per heavy atom. The summed E-state index contributed by atoms with van der Waals surface area (Å²) in [6.45, 7) is 1.84. The molecule has 2 aromatic rings. The van der Waals surface area contributed by atoms with Crippen molar-refractivity contribution in [1.82, 2.24) is 5.16 Å². The van der Waals surface area contributed by atoms with Crippen LogP contribution in [0.1, 0.15) is 47.0 Å². The number of hydrogen-bond donors (Lipinski definition) is 0. The average molecular weight is 373 g/mol. The number of aromatic nitrogens is 1. The second-order valence-corrected chi connectivity index (χ2v) is 8.45. The van der Waals surface area contributed by atoms with Gasteiger partial charge in [-0.1, -0.05) is 12.1 Å². The first-order valence-corrected chi connectivity index (χ1v) is 9.24. The van der Waals surface area contributed by atoms with Crippen molar-refractivity contribution >= 4 is 15.6 Å². The number of carbonyl (C=O) groups is 1. The Hall–Kier alpha value is -2.16. The van der Waals surface area contributed by atoms with Crippen molar-refractivity contribution in [3.63, 3.8) is 0 Å². The molecule has 0 unspecified atom stereocenters. The third-order valence-corrected chi connectivity index (χ3v) is 5.44. The summed E-state index contributed by atoms with van der Waals surface area (Å²) in [4.78, 5) is 12.2. The summed E-state index contributed by atoms with van der Waals surface area (Å²) >= 11 is 0. The molecular weight excluding hydrogens is 359 g/mol. The van der Waals surface area contributed by atoms with E-state index in [0.717, 1.165) is 37.4 Å². The Kier molecular flexibility index (Phi) is 3.83. The van der Waals surface area contributed by atoms with Crippen LogP contribution >= 0.6 is 0 Å². The molecular formula is C16H14F3NO4S. The molecule has 1 aliphatic carbocycles. The summed E-state index contributed by atoms with van der Waals surface area (Å²) < 4.78 is 68.3. The number of carbonyl (C=O) groups excluding carboxylic acids is 1. The van der Waals surface area contributed by atoms with Gasteiger partial charge in [0.15, 0.2) is 21.4 Å². The van der Waals surface area contributed by atoms with Gasteiger partial charge in [0.25, 0.3) is 0 Å². The lowest BCUT2D eigenvalue weighted by atomic mass is 9.94. The number of halogens is 3. The number of benzene rings is 1. The topological polar surface area (TPSA) is 77.2 Å². The largest absolute Gasteiger partial charge is 0.417 e. The van der Waals surface area contributed by atoms with Crippen LogP contribution < -0.4 is 0 Å². The maximum Gasteiger partial charge on any atom is 0.417 e. The molecule has 5 nitrogen and oxygen atoms in total. The molecule has 3 rings (SSSR count). The highest BCUT2D eigenvalue weighted by Crippen LogP contribution is 2.49. The molecule has 1 heterocycles. The predicted molar refractivity (Wildman–Crippen MR) is 81.1 cm³/mol. The normalized spacial score (nSPS) is 16.7. The van der Waals surface area contributed by atoms with E-state index in [1.54, 1.807) is 0 Å². The van der Waals surface area contributed by atoms with Crippen LogP contribution in [0.15, 0.2) is 33.8 Å². The third-order valence-electron chi connectivity index (χ3n) is 4.33. The lowest BCUT2D eigenvalue weighted by molar-refractivity contribution is -0.138. The molecule has 25 heavy (non-hydrogen) atoms. The van der Waals surface area contributed by atoms with Crippen molar-refractivity contribution in [1.29, 1.82) is 0 Å². The Morgan fingerprint density at radius 1 is 1.24 bits per heavy atom. The minimum atomic E-state index is -4.88. The molecule has 1 aromatic heterocycles. The maximum absolute atomic E-state index is 13.4. The van der Waals surface area contributed by atoms with Gasteiger partial charge in [-0.25, -0.2) is 8.42 Å². The van der Waals surface area contributed by atoms with Crippen LogP contribution in [-0.2, 0) is 21.4 Å². The first-order valence-electron chi connectivity index (χ1n) is 7.35. The highest BCUT2D eigenvalue weighted by molar-refractivity contribution is 7.90. The Bertz CT molecular complexity index is 956. The van der Waals surface area contributed by atoms with Gasteiger partial charge in [0.1, 0.15) is 0 Å². The molecule has 0 aliphatic heterocycles. The van der Waals surface area contributed by atoms with Gasteiger partial charge in [-0.05, 0) is 31.0 Å². The smallest absolute Gasteiger partial charge is 0.360 e. The van der Waals surface area contributed by atoms with Gasteiger partial charge in [-0.15, -0.1) is 0 Å². The standard InChI is InChI=1S/C16H14F3NO4S/c1-15(5-6-15)14-11(8-20-24-14)13(21)10-4-3-9(25(2,22)23)7-12(10)16(17,18)19/h3-4,7-8H,5-6H2,1-2H3. The fourth-order valence-corrected chi connectivity index (χ4v) is 3.23. The van der Waals surface area contributed by atoms with E-state index in [-0.39, 0.29) is 11.3 Å². The lowest BCUT2D eigenvalue weighted by Gasteiger charge is -2.14. The van der Waals surface area contributed by atoms with Crippen LogP contribution in [0.5, 0.6) is 0 Å². The first kappa shape index (κ1) is 17.7. The van der Waals surface area contributed by atoms with Gasteiger partial charge < -0.3 is 4.52 Å². The van der Waals surface area contributed by atoms with Crippen LogP contribution in [0.2, 0.25) is 0 Å². The van der Waals surface area contributed by atoms with Gasteiger partial charge in [0.05, 0.1) is 22.2 Å². The van der Waals surface area contributed by atoms with Crippen molar-refractivity contribution < 1.29 is 30.9 Å². The highest BCUT2D eigenvalue weighted by atomic mass is 32.2. The zero-order valence-electron chi connectivity index (χ0n) is 13.3. The summed E-state index contributed by atoms with van der Waals surface area (Å²) in [7, 11) is -3.85. The van der Waals surface area contributed by atoms with Crippen LogP contribution in [0.4, 0.5) is 13.2 Å². The number of sulfone groups is 1. The minimum absolute atomic E-state index is 0.0300. The Balaban J connectivity index is 2.14. The summed E-state index contributed by atoms with van der Waals surface area (Å²) in [5.74, 6) is -0.630. The maximum atomic E-state index is 13.4. The molecule has 1 fully saturated rings. The fourth-order valence-electron chi connectivity index (χ4n) is 2.58. The number of alkyl halides is 3. The quantitative estimate of drug-likeness (QED) is 0.768. The van der Waals surface area contributed by atoms with Crippen molar-refractivity contribution in [3.05, 3.63) is 46.8 Å². The summed E-state index contributed by atoms with van der Waals surface area (Å²) in [5, 5.41) is 3.55. The number of hydrogen-bond acceptors (Lipinski definition) is 5. The van der Waals surface area contributed by atoms with Gasteiger partial charge in [0.2, 0.25) is 0 Å². The van der Waals surface area contributed by atoms with Crippen molar-refractivity contribution in [3.8, 4) is 0 Å². The Morgan fingerprint density at radius 3 is 2.40 bits per heavy atom. The average Bonchev–Trinajstić information content (AvgIpc) is 3.06. The van der Waals surface area contributed by atoms with E-state index in [4.69, 9.17) is 4.52 Å². The van der Waals surface area contributed by atoms with Gasteiger partial charge in [0, 0.05) is 17.2 Å². The zero-order chi connectivity index (χ0) is 18.6. The van der Waals surface area contributed by atoms with Gasteiger partial charge in [-0.3, -0.25) is 4.79 Å². The van der Waals surface area contributed by atoms with Crippen LogP contribution in [-0.4, -0.2) is 25.6 Å². The molecule has 134 valence electrons. The first-order chi connectivity index (χ1) is 11.4. The summed E-state index contributed by atoms with van der Waals surface area (Å²) in [6, 6.07) is 2.35. The van der Waals surface area contributed by atoms with E-state index in [1.165, 1.54) is 0 Å². The fraction of sp³-hybridized carbons (Fsp3) is 0.375. The molecule has 0 atom stereocenters. The van der Waals surface area contributed by atoms with E-state index < -0.39 is 43.2 Å². The molecule has 0 radical (unpaired) electrons. The molecule has 9 heteroatoms. The van der Waals surface area contributed by atoms with Gasteiger partial charge in [-0.2, -0.15) is 13.2 Å². The molecule has 1 aromatic carbocycles. The van der Waals surface area contributed by atoms with Gasteiger partial charge >= 0.3 is 6.18 Å². The third kappa shape index (κ3) is 3.20. The van der Waals surface area contributed by atoms with E-state index in [1.807, 2.05) is 6.92 Å². The predicted octanol–water partition coefficient (Wildman–Crippen LogP) is 3.38. The minimum Gasteiger partial charge on any atom is -0.360 e. The van der Waals surface area contributed by atoms with Crippen molar-refractivity contribution in [2.75, 3.05) is 6.26 Å². The number of ketones is 1. The Labute approximate surface area is 141 Å². The van der Waals surface area contributed by atoms with Crippen LogP contribution in [0.3, 0.4) is 0 Å². The molecule has 1 aliphatic rings. The van der Waals surface area contributed by atoms with Crippen LogP contribution in [0.25, 0.3) is 0 Å². The van der Waals surface area contributed by atoms with E-state index in [9.17, 15) is 26.4 Å². The van der Waals surface area contributed by atoms with E-state index >= 15 is 0 Å². The SMILES string of the molecule is CC1(c2oncc2C(=O)c2ccc(S(C)(=O)=O)cc2C(F)(F)F)CC1. The molecule has 1 saturated carbocycles. The lowest BCUT2D eigenvalue weighted by Crippen LogP contribution is -2.16. The second kappa shape index (κ2) is 5.42. The monoisotopic (exact) mass is 373 g/mol. The molecule has 0 amide bonds. The molecule has 0 saturated heterocycles. The highest BCUT2D eigenvalue weighted by Gasteiger charge is 2.46. The van der Waals surface area contributed by atoms with Crippen LogP contribution in [0, 0.1) is 0 Å². The molecule has 0 N–H and O–H groups in total. The molecule has 0 bridgehead atoms. The number of rotatable bonds is 4. The van der Waals surface area contributed by atoms with E-state index in [2.05, 4.69) is 5.16 Å². The molecule has 0 spiro atoms. The van der Waals surface area contributed by atoms with Crippen molar-refractivity contribution in [2.45, 2.75) is 36.3 Å². The summed E-state index contributed by atoms with van der Waals surface area (Å²) in [6.07, 6.45) is -1.47. The number of nitrogens with zero attached hydrogens (tertiary/aromatic N) is 1.